The van der Waals surface area contributed by atoms with Crippen LogP contribution in [0, 0.1) is 5.92 Å². The second-order valence-electron chi connectivity index (χ2n) is 4.22. The van der Waals surface area contributed by atoms with Gasteiger partial charge in [-0.3, -0.25) is 0 Å². The second-order valence-corrected chi connectivity index (χ2v) is 4.22. The molecule has 0 aliphatic heterocycles. The lowest BCUT2D eigenvalue weighted by Crippen LogP contribution is -2.43. The third kappa shape index (κ3) is 5.80. The summed E-state index contributed by atoms with van der Waals surface area (Å²) < 4.78 is 26.7. The van der Waals surface area contributed by atoms with Gasteiger partial charge in [0.1, 0.15) is 5.60 Å². The van der Waals surface area contributed by atoms with Gasteiger partial charge in [0.25, 0.3) is 0 Å². The zero-order valence-corrected chi connectivity index (χ0v) is 9.13. The number of aliphatic hydroxyl groups excluding tert-OH is 1. The van der Waals surface area contributed by atoms with Gasteiger partial charge in [0, 0.05) is 4.11 Å². The summed E-state index contributed by atoms with van der Waals surface area (Å²) in [6.45, 7) is 3.88. The van der Waals surface area contributed by atoms with E-state index in [0.717, 1.165) is 0 Å². The molecule has 1 amide bonds. The lowest BCUT2D eigenvalue weighted by atomic mass is 10.1. The van der Waals surface area contributed by atoms with Crippen LogP contribution in [0.5, 0.6) is 0 Å². The van der Waals surface area contributed by atoms with Crippen molar-refractivity contribution in [3.8, 4) is 0 Å². The van der Waals surface area contributed by atoms with Crippen LogP contribution in [0.3, 0.4) is 0 Å². The van der Waals surface area contributed by atoms with E-state index >= 15 is 0 Å². The molecule has 4 nitrogen and oxygen atoms in total. The molecule has 0 aromatic heterocycles. The molecule has 0 fully saturated rings. The molecule has 14 heavy (non-hydrogen) atoms. The number of amides is 1. The molecular weight excluding hydrogens is 182 g/mol. The van der Waals surface area contributed by atoms with Crippen molar-refractivity contribution in [1.82, 2.24) is 5.32 Å². The molecule has 0 aromatic carbocycles. The summed E-state index contributed by atoms with van der Waals surface area (Å²) in [6, 6.07) is -0.850. The van der Waals surface area contributed by atoms with E-state index in [1.165, 1.54) is 6.92 Å². The van der Waals surface area contributed by atoms with Crippen LogP contribution < -0.4 is 5.32 Å². The minimum atomic E-state index is -2.23. The fourth-order valence-corrected chi connectivity index (χ4v) is 0.788. The Balaban J connectivity index is 4.47. The minimum absolute atomic E-state index is 0.446. The van der Waals surface area contributed by atoms with Crippen molar-refractivity contribution >= 4 is 6.09 Å². The van der Waals surface area contributed by atoms with Crippen molar-refractivity contribution in [3.05, 3.63) is 0 Å². The first-order valence-corrected chi connectivity index (χ1v) is 4.57. The van der Waals surface area contributed by atoms with Crippen LogP contribution in [0.1, 0.15) is 38.7 Å². The number of rotatable bonds is 3. The summed E-state index contributed by atoms with van der Waals surface area (Å²) in [4.78, 5) is 11.4. The quantitative estimate of drug-likeness (QED) is 0.736. The molecule has 2 N–H and O–H groups in total. The van der Waals surface area contributed by atoms with Crippen molar-refractivity contribution in [3.63, 3.8) is 0 Å². The lowest BCUT2D eigenvalue weighted by molar-refractivity contribution is 0.0462. The monoisotopic (exact) mass is 206 g/mol. The Kier molecular flexibility index (Phi) is 3.17. The number of ether oxygens (including phenoxy) is 1. The summed E-state index contributed by atoms with van der Waals surface area (Å²) in [5.41, 5.74) is -0.659. The number of hydrogen-bond acceptors (Lipinski definition) is 3. The van der Waals surface area contributed by atoms with Crippen LogP contribution in [-0.2, 0) is 4.74 Å². The van der Waals surface area contributed by atoms with E-state index in [1.807, 2.05) is 0 Å². The Morgan fingerprint density at radius 2 is 2.21 bits per heavy atom. The molecule has 0 bridgehead atoms. The maximum Gasteiger partial charge on any atom is 0.407 e. The molecule has 4 heteroatoms. The molecule has 0 aliphatic carbocycles. The van der Waals surface area contributed by atoms with Crippen LogP contribution in [0.4, 0.5) is 4.79 Å². The third-order valence-electron chi connectivity index (χ3n) is 1.50. The van der Waals surface area contributed by atoms with E-state index < -0.39 is 37.1 Å². The largest absolute Gasteiger partial charge is 0.444 e. The zero-order chi connectivity index (χ0) is 13.9. The predicted molar refractivity (Wildman–Crippen MR) is 55.1 cm³/mol. The summed E-state index contributed by atoms with van der Waals surface area (Å²) in [7, 11) is 0. The first-order chi connectivity index (χ1) is 7.47. The van der Waals surface area contributed by atoms with Gasteiger partial charge < -0.3 is 15.2 Å². The summed E-state index contributed by atoms with van der Waals surface area (Å²) in [6.07, 6.45) is -0.729. The van der Waals surface area contributed by atoms with E-state index in [9.17, 15) is 4.79 Å². The highest BCUT2D eigenvalue weighted by atomic mass is 16.6. The molecule has 84 valence electrons. The minimum Gasteiger partial charge on any atom is -0.444 e. The smallest absolute Gasteiger partial charge is 0.407 e. The van der Waals surface area contributed by atoms with Gasteiger partial charge in [-0.25, -0.2) is 4.79 Å². The average molecular weight is 206 g/mol. The lowest BCUT2D eigenvalue weighted by Gasteiger charge is -2.24. The van der Waals surface area contributed by atoms with E-state index in [4.69, 9.17) is 14.0 Å². The van der Waals surface area contributed by atoms with Gasteiger partial charge in [0.05, 0.1) is 12.6 Å². The zero-order valence-electron chi connectivity index (χ0n) is 12.1. The highest BCUT2D eigenvalue weighted by molar-refractivity contribution is 5.68. The average Bonchev–Trinajstić information content (AvgIpc) is 2.08. The maximum atomic E-state index is 11.4. The van der Waals surface area contributed by atoms with Gasteiger partial charge in [-0.2, -0.15) is 0 Å². The molecule has 0 radical (unpaired) electrons. The number of nitrogens with one attached hydrogen (secondary N) is 1. The molecule has 0 unspecified atom stereocenters. The number of alkyl carbamates (subject to hydrolysis) is 1. The molecular formula is C10H21NO3. The highest BCUT2D eigenvalue weighted by Gasteiger charge is 2.20. The highest BCUT2D eigenvalue weighted by Crippen LogP contribution is 2.08. The van der Waals surface area contributed by atoms with Crippen molar-refractivity contribution in [1.29, 1.82) is 0 Å². The van der Waals surface area contributed by atoms with Crippen molar-refractivity contribution < 1.29 is 18.8 Å². The van der Waals surface area contributed by atoms with E-state index in [0.29, 0.717) is 0 Å². The number of carbonyl (C=O) groups is 1. The Morgan fingerprint density at radius 1 is 1.64 bits per heavy atom. The molecule has 0 aromatic rings. The van der Waals surface area contributed by atoms with Crippen LogP contribution in [0.2, 0.25) is 0 Å². The van der Waals surface area contributed by atoms with Gasteiger partial charge in [-0.05, 0) is 26.7 Å². The number of aliphatic hydroxyl groups is 1. The SMILES string of the molecule is [2H]C([2H])([2H])[C@@H](C)[C@@H](CO)NC(=O)OC(C)(C)C. The Hall–Kier alpha value is -0.770. The fourth-order valence-electron chi connectivity index (χ4n) is 0.788. The molecule has 0 rings (SSSR count). The summed E-state index contributed by atoms with van der Waals surface area (Å²) >= 11 is 0. The van der Waals surface area contributed by atoms with Crippen molar-refractivity contribution in [2.75, 3.05) is 6.61 Å². The van der Waals surface area contributed by atoms with Crippen LogP contribution in [-0.4, -0.2) is 29.4 Å². The Bertz CT molecular complexity index is 261. The van der Waals surface area contributed by atoms with Gasteiger partial charge in [-0.1, -0.05) is 13.8 Å². The molecule has 0 saturated carbocycles. The number of carbonyl (C=O) groups excluding carboxylic acids is 1. The van der Waals surface area contributed by atoms with Gasteiger partial charge in [0.15, 0.2) is 0 Å². The molecule has 2 atom stereocenters. The van der Waals surface area contributed by atoms with Crippen LogP contribution in [0.25, 0.3) is 0 Å². The van der Waals surface area contributed by atoms with Gasteiger partial charge in [-0.15, -0.1) is 0 Å². The van der Waals surface area contributed by atoms with E-state index in [1.54, 1.807) is 20.8 Å². The van der Waals surface area contributed by atoms with Gasteiger partial charge in [0.2, 0.25) is 0 Å². The van der Waals surface area contributed by atoms with Crippen molar-refractivity contribution in [2.45, 2.75) is 46.2 Å². The summed E-state index contributed by atoms with van der Waals surface area (Å²) in [5.74, 6) is -0.847. The van der Waals surface area contributed by atoms with E-state index in [2.05, 4.69) is 5.32 Å². The fraction of sp³-hybridized carbons (Fsp3) is 0.900. The normalized spacial score (nSPS) is 19.9. The van der Waals surface area contributed by atoms with E-state index in [-0.39, 0.29) is 0 Å². The number of hydrogen-bond donors (Lipinski definition) is 2. The second kappa shape index (κ2) is 5.20. The predicted octanol–water partition coefficient (Wildman–Crippen LogP) is 1.53. The summed E-state index contributed by atoms with van der Waals surface area (Å²) in [5, 5.41) is 11.4. The first-order valence-electron chi connectivity index (χ1n) is 6.07. The molecule has 0 heterocycles. The molecule has 0 spiro atoms. The molecule has 0 saturated heterocycles. The first kappa shape index (κ1) is 8.53. The van der Waals surface area contributed by atoms with Gasteiger partial charge >= 0.3 is 6.09 Å². The van der Waals surface area contributed by atoms with Crippen LogP contribution in [0.15, 0.2) is 0 Å². The van der Waals surface area contributed by atoms with Crippen LogP contribution >= 0.6 is 0 Å². The maximum absolute atomic E-state index is 11.4. The Morgan fingerprint density at radius 3 is 2.57 bits per heavy atom. The third-order valence-corrected chi connectivity index (χ3v) is 1.50. The van der Waals surface area contributed by atoms with Crippen molar-refractivity contribution in [2.24, 2.45) is 5.92 Å². The topological polar surface area (TPSA) is 58.6 Å². The standard InChI is InChI=1S/C10H21NO3/c1-7(2)8(6-12)11-9(13)14-10(3,4)5/h7-8,12H,6H2,1-5H3,(H,11,13)/t8-/m1/s1/i1D3/t7-,8+/m0. The Labute approximate surface area is 89.9 Å². The molecule has 0 aliphatic rings.